The molecule has 0 saturated heterocycles. The van der Waals surface area contributed by atoms with Crippen LogP contribution in [0.5, 0.6) is 5.75 Å². The fraction of sp³-hybridized carbons (Fsp3) is 0. The molecule has 76 valence electrons. The lowest BCUT2D eigenvalue weighted by atomic mass is 10.2. The lowest BCUT2D eigenvalue weighted by Crippen LogP contribution is -1.86. The molecule has 3 N–H and O–H groups in total. The number of fused-ring (bicyclic) bond motifs is 1. The van der Waals surface area contributed by atoms with Crippen LogP contribution in [0.15, 0.2) is 30.5 Å². The Kier molecular flexibility index (Phi) is 4.87. The van der Waals surface area contributed by atoms with Crippen molar-refractivity contribution in [3.8, 4) is 5.75 Å². The lowest BCUT2D eigenvalue weighted by molar-refractivity contribution is 0.476. The average molecular weight is 322 g/mol. The van der Waals surface area contributed by atoms with Crippen molar-refractivity contribution >= 4 is 50.6 Å². The molecule has 0 saturated carbocycles. The smallest absolute Gasteiger partial charge is 0.116 e. The summed E-state index contributed by atoms with van der Waals surface area (Å²) in [4.78, 5) is 4.09. The van der Waals surface area contributed by atoms with E-state index in [1.54, 1.807) is 30.5 Å². The summed E-state index contributed by atoms with van der Waals surface area (Å²) in [6.45, 7) is 0. The van der Waals surface area contributed by atoms with E-state index in [-0.39, 0.29) is 39.7 Å². The summed E-state index contributed by atoms with van der Waals surface area (Å²) in [5, 5.41) is 10.0. The summed E-state index contributed by atoms with van der Waals surface area (Å²) < 4.78 is 0. The van der Waals surface area contributed by atoms with E-state index in [0.717, 1.165) is 10.9 Å². The van der Waals surface area contributed by atoms with Gasteiger partial charge in [0.15, 0.2) is 0 Å². The van der Waals surface area contributed by atoms with Crippen LogP contribution in [0.4, 0.5) is 5.69 Å². The van der Waals surface area contributed by atoms with Crippen molar-refractivity contribution in [2.75, 3.05) is 5.73 Å². The predicted octanol–water partition coefficient (Wildman–Crippen LogP) is 2.68. The fourth-order valence-corrected chi connectivity index (χ4v) is 1.14. The van der Waals surface area contributed by atoms with E-state index < -0.39 is 0 Å². The van der Waals surface area contributed by atoms with Crippen LogP contribution in [0.25, 0.3) is 10.9 Å². The second kappa shape index (κ2) is 5.17. The molecule has 1 aromatic heterocycles. The largest absolute Gasteiger partial charge is 0.508 e. The predicted molar refractivity (Wildman–Crippen MR) is 68.5 cm³/mol. The van der Waals surface area contributed by atoms with Crippen LogP contribution < -0.4 is 5.73 Å². The van der Waals surface area contributed by atoms with Gasteiger partial charge in [-0.15, -0.1) is 34.0 Å². The third-order valence-electron chi connectivity index (χ3n) is 1.69. The normalized spacial score (nSPS) is 8.86. The summed E-state index contributed by atoms with van der Waals surface area (Å²) in [7, 11) is 0. The van der Waals surface area contributed by atoms with Crippen molar-refractivity contribution in [1.29, 1.82) is 0 Å². The van der Waals surface area contributed by atoms with Crippen LogP contribution in [-0.2, 0) is 0 Å². The van der Waals surface area contributed by atoms with Crippen LogP contribution in [0.2, 0.25) is 0 Å². The van der Waals surface area contributed by atoms with E-state index in [9.17, 15) is 0 Å². The van der Waals surface area contributed by atoms with E-state index in [2.05, 4.69) is 4.98 Å². The summed E-state index contributed by atoms with van der Waals surface area (Å²) in [6.07, 6.45) is 1.60. The minimum atomic E-state index is 0. The molecule has 2 aromatic rings. The molecule has 3 nitrogen and oxygen atoms in total. The average Bonchev–Trinajstić information content (AvgIpc) is 2.03. The Labute approximate surface area is 102 Å². The Balaban J connectivity index is 0.000000845. The standard InChI is InChI=1S/C9H8N2O.2BrH/c10-7-3-6-4-8(12)1-2-9(6)11-5-7;;/h1-5,12H,10H2;2*1H. The van der Waals surface area contributed by atoms with Crippen molar-refractivity contribution in [3.05, 3.63) is 30.5 Å². The first-order chi connectivity index (χ1) is 5.75. The van der Waals surface area contributed by atoms with Crippen molar-refractivity contribution in [2.45, 2.75) is 0 Å². The fourth-order valence-electron chi connectivity index (χ4n) is 1.14. The molecule has 1 heterocycles. The topological polar surface area (TPSA) is 59.1 Å². The number of anilines is 1. The van der Waals surface area contributed by atoms with Crippen LogP contribution in [0.3, 0.4) is 0 Å². The number of benzene rings is 1. The quantitative estimate of drug-likeness (QED) is 0.784. The van der Waals surface area contributed by atoms with Crippen LogP contribution in [-0.4, -0.2) is 10.1 Å². The van der Waals surface area contributed by atoms with Crippen LogP contribution >= 0.6 is 34.0 Å². The molecular formula is C9H10Br2N2O. The molecule has 0 atom stereocenters. The Morgan fingerprint density at radius 2 is 1.86 bits per heavy atom. The van der Waals surface area contributed by atoms with Crippen molar-refractivity contribution in [1.82, 2.24) is 4.98 Å². The van der Waals surface area contributed by atoms with E-state index in [1.807, 2.05) is 0 Å². The van der Waals surface area contributed by atoms with Crippen molar-refractivity contribution < 1.29 is 5.11 Å². The number of nitrogens with zero attached hydrogens (tertiary/aromatic N) is 1. The van der Waals surface area contributed by atoms with Crippen LogP contribution in [0, 0.1) is 0 Å². The highest BCUT2D eigenvalue weighted by Crippen LogP contribution is 2.19. The Morgan fingerprint density at radius 1 is 1.14 bits per heavy atom. The SMILES string of the molecule is Br.Br.Nc1cnc2ccc(O)cc2c1. The van der Waals surface area contributed by atoms with Crippen LogP contribution in [0.1, 0.15) is 0 Å². The Morgan fingerprint density at radius 3 is 2.57 bits per heavy atom. The second-order valence-electron chi connectivity index (χ2n) is 2.65. The minimum Gasteiger partial charge on any atom is -0.508 e. The first-order valence-corrected chi connectivity index (χ1v) is 3.60. The molecule has 5 heteroatoms. The molecule has 2 rings (SSSR count). The monoisotopic (exact) mass is 320 g/mol. The molecule has 0 aliphatic heterocycles. The first kappa shape index (κ1) is 13.2. The number of phenols is 1. The number of nitrogen functional groups attached to an aromatic ring is 1. The van der Waals surface area contributed by atoms with Crippen molar-refractivity contribution in [2.24, 2.45) is 0 Å². The molecule has 0 radical (unpaired) electrons. The zero-order valence-electron chi connectivity index (χ0n) is 7.18. The number of aromatic hydroxyl groups is 1. The van der Waals surface area contributed by atoms with Gasteiger partial charge in [-0.05, 0) is 24.3 Å². The zero-order chi connectivity index (χ0) is 8.55. The van der Waals surface area contributed by atoms with E-state index in [1.165, 1.54) is 0 Å². The van der Waals surface area contributed by atoms with Gasteiger partial charge in [0, 0.05) is 5.39 Å². The summed E-state index contributed by atoms with van der Waals surface area (Å²) in [5.41, 5.74) is 6.97. The third kappa shape index (κ3) is 2.59. The van der Waals surface area contributed by atoms with Gasteiger partial charge in [0.25, 0.3) is 0 Å². The number of aromatic nitrogens is 1. The summed E-state index contributed by atoms with van der Waals surface area (Å²) in [5.74, 6) is 0.231. The summed E-state index contributed by atoms with van der Waals surface area (Å²) in [6, 6.07) is 6.77. The highest BCUT2D eigenvalue weighted by Gasteiger charge is 1.95. The van der Waals surface area contributed by atoms with E-state index >= 15 is 0 Å². The van der Waals surface area contributed by atoms with Gasteiger partial charge >= 0.3 is 0 Å². The molecule has 14 heavy (non-hydrogen) atoms. The molecule has 0 amide bonds. The number of hydrogen-bond acceptors (Lipinski definition) is 3. The minimum absolute atomic E-state index is 0. The number of phenolic OH excluding ortho intramolecular Hbond substituents is 1. The maximum atomic E-state index is 9.15. The molecule has 0 fully saturated rings. The number of rotatable bonds is 0. The van der Waals surface area contributed by atoms with E-state index in [4.69, 9.17) is 10.8 Å². The first-order valence-electron chi connectivity index (χ1n) is 3.60. The zero-order valence-corrected chi connectivity index (χ0v) is 10.6. The van der Waals surface area contributed by atoms with Gasteiger partial charge in [0.1, 0.15) is 5.75 Å². The lowest BCUT2D eigenvalue weighted by Gasteiger charge is -1.98. The van der Waals surface area contributed by atoms with Gasteiger partial charge in [-0.25, -0.2) is 0 Å². The van der Waals surface area contributed by atoms with Crippen molar-refractivity contribution in [3.63, 3.8) is 0 Å². The number of nitrogens with two attached hydrogens (primary N) is 1. The molecular weight excluding hydrogens is 312 g/mol. The number of hydrogen-bond donors (Lipinski definition) is 2. The number of pyridine rings is 1. The van der Waals surface area contributed by atoms with E-state index in [0.29, 0.717) is 5.69 Å². The van der Waals surface area contributed by atoms with Gasteiger partial charge in [0.05, 0.1) is 17.4 Å². The Bertz CT molecular complexity index is 397. The molecule has 0 aliphatic rings. The Hall–Kier alpha value is -0.810. The maximum Gasteiger partial charge on any atom is 0.116 e. The highest BCUT2D eigenvalue weighted by molar-refractivity contribution is 8.93. The molecule has 0 unspecified atom stereocenters. The molecule has 0 spiro atoms. The van der Waals surface area contributed by atoms with Gasteiger partial charge in [0.2, 0.25) is 0 Å². The molecule has 1 aromatic carbocycles. The van der Waals surface area contributed by atoms with Gasteiger partial charge in [-0.1, -0.05) is 0 Å². The third-order valence-corrected chi connectivity index (χ3v) is 1.69. The number of halogens is 2. The molecule has 0 aliphatic carbocycles. The second-order valence-corrected chi connectivity index (χ2v) is 2.65. The summed E-state index contributed by atoms with van der Waals surface area (Å²) >= 11 is 0. The van der Waals surface area contributed by atoms with Gasteiger partial charge in [-0.2, -0.15) is 0 Å². The van der Waals surface area contributed by atoms with Gasteiger partial charge < -0.3 is 10.8 Å². The van der Waals surface area contributed by atoms with Gasteiger partial charge in [-0.3, -0.25) is 4.98 Å². The highest BCUT2D eigenvalue weighted by atomic mass is 79.9. The molecule has 0 bridgehead atoms. The maximum absolute atomic E-state index is 9.15.